The number of hydrogen-bond acceptors (Lipinski definition) is 4. The SMILES string of the molecule is COCc1cc(NC(=O)C2CC(=O)N(C)C2)cc(C(=O)O)c1. The molecule has 1 heterocycles. The number of carboxylic acids is 1. The molecule has 1 unspecified atom stereocenters. The highest BCUT2D eigenvalue weighted by Crippen LogP contribution is 2.21. The number of carboxylic acid groups (broad SMARTS) is 1. The Morgan fingerprint density at radius 2 is 2.14 bits per heavy atom. The molecule has 2 N–H and O–H groups in total. The first-order valence-corrected chi connectivity index (χ1v) is 6.81. The van der Waals surface area contributed by atoms with Crippen LogP contribution in [0.25, 0.3) is 0 Å². The van der Waals surface area contributed by atoms with Crippen LogP contribution >= 0.6 is 0 Å². The molecule has 1 atom stereocenters. The highest BCUT2D eigenvalue weighted by Gasteiger charge is 2.32. The van der Waals surface area contributed by atoms with Gasteiger partial charge in [0.05, 0.1) is 18.1 Å². The van der Waals surface area contributed by atoms with Crippen molar-refractivity contribution in [3.63, 3.8) is 0 Å². The van der Waals surface area contributed by atoms with Gasteiger partial charge in [0.1, 0.15) is 0 Å². The van der Waals surface area contributed by atoms with Gasteiger partial charge in [-0.25, -0.2) is 4.79 Å². The maximum atomic E-state index is 12.2. The van der Waals surface area contributed by atoms with Crippen LogP contribution in [0, 0.1) is 5.92 Å². The van der Waals surface area contributed by atoms with E-state index in [-0.39, 0.29) is 30.4 Å². The van der Waals surface area contributed by atoms with Gasteiger partial charge in [-0.2, -0.15) is 0 Å². The second-order valence-electron chi connectivity index (χ2n) is 5.32. The van der Waals surface area contributed by atoms with E-state index in [1.807, 2.05) is 0 Å². The number of likely N-dealkylation sites (tertiary alicyclic amines) is 1. The number of aromatic carboxylic acids is 1. The number of ether oxygens (including phenoxy) is 1. The number of carbonyl (C=O) groups excluding carboxylic acids is 2. The van der Waals surface area contributed by atoms with Gasteiger partial charge >= 0.3 is 5.97 Å². The fourth-order valence-electron chi connectivity index (χ4n) is 2.42. The summed E-state index contributed by atoms with van der Waals surface area (Å²) in [4.78, 5) is 36.3. The molecule has 0 radical (unpaired) electrons. The van der Waals surface area contributed by atoms with Gasteiger partial charge < -0.3 is 20.1 Å². The molecule has 1 saturated heterocycles. The Morgan fingerprint density at radius 3 is 2.68 bits per heavy atom. The minimum absolute atomic E-state index is 0.0699. The monoisotopic (exact) mass is 306 g/mol. The predicted octanol–water partition coefficient (Wildman–Crippen LogP) is 0.948. The fourth-order valence-corrected chi connectivity index (χ4v) is 2.42. The summed E-state index contributed by atoms with van der Waals surface area (Å²) >= 11 is 0. The molecule has 0 saturated carbocycles. The Labute approximate surface area is 127 Å². The van der Waals surface area contributed by atoms with Crippen LogP contribution in [0.3, 0.4) is 0 Å². The summed E-state index contributed by atoms with van der Waals surface area (Å²) in [5, 5.41) is 11.8. The molecule has 0 aliphatic carbocycles. The molecule has 0 spiro atoms. The summed E-state index contributed by atoms with van der Waals surface area (Å²) in [5.41, 5.74) is 1.11. The third-order valence-corrected chi connectivity index (χ3v) is 3.53. The largest absolute Gasteiger partial charge is 0.478 e. The minimum atomic E-state index is -1.08. The van der Waals surface area contributed by atoms with E-state index in [1.165, 1.54) is 24.1 Å². The van der Waals surface area contributed by atoms with Crippen molar-refractivity contribution in [2.75, 3.05) is 26.0 Å². The van der Waals surface area contributed by atoms with Crippen molar-refractivity contribution < 1.29 is 24.2 Å². The highest BCUT2D eigenvalue weighted by molar-refractivity contribution is 5.98. The van der Waals surface area contributed by atoms with E-state index in [4.69, 9.17) is 9.84 Å². The van der Waals surface area contributed by atoms with Crippen molar-refractivity contribution in [2.45, 2.75) is 13.0 Å². The normalized spacial score (nSPS) is 17.6. The Balaban J connectivity index is 2.16. The van der Waals surface area contributed by atoms with E-state index in [0.29, 0.717) is 17.8 Å². The summed E-state index contributed by atoms with van der Waals surface area (Å²) in [5.74, 6) is -1.86. The average Bonchev–Trinajstić information content (AvgIpc) is 2.79. The van der Waals surface area contributed by atoms with E-state index in [1.54, 1.807) is 13.1 Å². The van der Waals surface area contributed by atoms with Gasteiger partial charge in [0.2, 0.25) is 11.8 Å². The Hall–Kier alpha value is -2.41. The average molecular weight is 306 g/mol. The molecule has 7 heteroatoms. The zero-order valence-electron chi connectivity index (χ0n) is 12.5. The van der Waals surface area contributed by atoms with E-state index in [2.05, 4.69) is 5.32 Å². The number of carbonyl (C=O) groups is 3. The van der Waals surface area contributed by atoms with Crippen molar-refractivity contribution >= 4 is 23.5 Å². The van der Waals surface area contributed by atoms with Gasteiger partial charge in [-0.05, 0) is 23.8 Å². The van der Waals surface area contributed by atoms with Crippen LogP contribution in [0.2, 0.25) is 0 Å². The first-order chi connectivity index (χ1) is 10.4. The molecule has 0 aromatic heterocycles. The van der Waals surface area contributed by atoms with Gasteiger partial charge in [-0.1, -0.05) is 0 Å². The highest BCUT2D eigenvalue weighted by atomic mass is 16.5. The number of rotatable bonds is 5. The van der Waals surface area contributed by atoms with Crippen LogP contribution in [-0.2, 0) is 20.9 Å². The summed E-state index contributed by atoms with van der Waals surface area (Å²) < 4.78 is 4.99. The second kappa shape index (κ2) is 6.57. The van der Waals surface area contributed by atoms with E-state index >= 15 is 0 Å². The Morgan fingerprint density at radius 1 is 1.41 bits per heavy atom. The maximum absolute atomic E-state index is 12.2. The molecule has 22 heavy (non-hydrogen) atoms. The fraction of sp³-hybridized carbons (Fsp3) is 0.400. The van der Waals surface area contributed by atoms with E-state index < -0.39 is 11.9 Å². The van der Waals surface area contributed by atoms with Gasteiger partial charge in [-0.15, -0.1) is 0 Å². The van der Waals surface area contributed by atoms with Crippen LogP contribution in [0.1, 0.15) is 22.3 Å². The molecule has 118 valence electrons. The van der Waals surface area contributed by atoms with E-state index in [0.717, 1.165) is 0 Å². The van der Waals surface area contributed by atoms with Gasteiger partial charge in [0, 0.05) is 32.8 Å². The molecule has 7 nitrogen and oxygen atoms in total. The first-order valence-electron chi connectivity index (χ1n) is 6.81. The lowest BCUT2D eigenvalue weighted by atomic mass is 10.1. The Kier molecular flexibility index (Phi) is 4.77. The van der Waals surface area contributed by atoms with Crippen LogP contribution < -0.4 is 5.32 Å². The Bertz CT molecular complexity index is 614. The second-order valence-corrected chi connectivity index (χ2v) is 5.32. The number of benzene rings is 1. The zero-order chi connectivity index (χ0) is 16.3. The zero-order valence-corrected chi connectivity index (χ0v) is 12.5. The summed E-state index contributed by atoms with van der Waals surface area (Å²) in [6.45, 7) is 0.614. The first kappa shape index (κ1) is 16.0. The number of hydrogen-bond donors (Lipinski definition) is 2. The van der Waals surface area contributed by atoms with E-state index in [9.17, 15) is 14.4 Å². The van der Waals surface area contributed by atoms with Crippen molar-refractivity contribution in [1.29, 1.82) is 0 Å². The van der Waals surface area contributed by atoms with Crippen LogP contribution in [0.4, 0.5) is 5.69 Å². The lowest BCUT2D eigenvalue weighted by molar-refractivity contribution is -0.127. The maximum Gasteiger partial charge on any atom is 0.335 e. The predicted molar refractivity (Wildman–Crippen MR) is 78.5 cm³/mol. The number of nitrogens with one attached hydrogen (secondary N) is 1. The van der Waals surface area contributed by atoms with Gasteiger partial charge in [0.15, 0.2) is 0 Å². The number of methoxy groups -OCH3 is 1. The smallest absolute Gasteiger partial charge is 0.335 e. The van der Waals surface area contributed by atoms with Crippen LogP contribution in [0.5, 0.6) is 0 Å². The molecule has 1 fully saturated rings. The number of amides is 2. The molecule has 1 aliphatic rings. The number of anilines is 1. The lowest BCUT2D eigenvalue weighted by Gasteiger charge is -2.12. The summed E-state index contributed by atoms with van der Waals surface area (Å²) in [7, 11) is 3.16. The molecular weight excluding hydrogens is 288 g/mol. The molecule has 2 amide bonds. The molecule has 0 bridgehead atoms. The third-order valence-electron chi connectivity index (χ3n) is 3.53. The molecule has 1 aromatic rings. The van der Waals surface area contributed by atoms with Crippen molar-refractivity contribution in [3.05, 3.63) is 29.3 Å². The van der Waals surface area contributed by atoms with Gasteiger partial charge in [0.25, 0.3) is 0 Å². The molecule has 2 rings (SSSR count). The summed E-state index contributed by atoms with van der Waals surface area (Å²) in [6.07, 6.45) is 0.173. The molecule has 1 aliphatic heterocycles. The standard InChI is InChI=1S/C15H18N2O5/c1-17-7-11(6-13(17)18)14(19)16-12-4-9(8-22-2)3-10(5-12)15(20)21/h3-5,11H,6-8H2,1-2H3,(H,16,19)(H,20,21). The number of nitrogens with zero attached hydrogens (tertiary/aromatic N) is 1. The molecular formula is C15H18N2O5. The topological polar surface area (TPSA) is 95.9 Å². The van der Waals surface area contributed by atoms with Crippen LogP contribution in [0.15, 0.2) is 18.2 Å². The van der Waals surface area contributed by atoms with Gasteiger partial charge in [-0.3, -0.25) is 9.59 Å². The van der Waals surface area contributed by atoms with Crippen molar-refractivity contribution in [1.82, 2.24) is 4.90 Å². The third kappa shape index (κ3) is 3.62. The summed E-state index contributed by atoms with van der Waals surface area (Å²) in [6, 6.07) is 4.54. The molecule has 1 aromatic carbocycles. The minimum Gasteiger partial charge on any atom is -0.478 e. The van der Waals surface area contributed by atoms with Crippen LogP contribution in [-0.4, -0.2) is 48.5 Å². The lowest BCUT2D eigenvalue weighted by Crippen LogP contribution is -2.25. The van der Waals surface area contributed by atoms with Crippen molar-refractivity contribution in [2.24, 2.45) is 5.92 Å². The quantitative estimate of drug-likeness (QED) is 0.844. The van der Waals surface area contributed by atoms with Crippen molar-refractivity contribution in [3.8, 4) is 0 Å².